The molecule has 0 saturated heterocycles. The van der Waals surface area contributed by atoms with Crippen molar-refractivity contribution in [3.05, 3.63) is 0 Å². The summed E-state index contributed by atoms with van der Waals surface area (Å²) >= 11 is 0. The highest BCUT2D eigenvalue weighted by Crippen LogP contribution is 1.94. The molecule has 0 heterocycles. The van der Waals surface area contributed by atoms with Crippen LogP contribution in [-0.2, 0) is 20.3 Å². The fraction of sp³-hybridized carbons (Fsp3) is 0.875. The van der Waals surface area contributed by atoms with Gasteiger partial charge >= 0.3 is 5.97 Å². The Morgan fingerprint density at radius 2 is 2.15 bits per heavy atom. The van der Waals surface area contributed by atoms with Gasteiger partial charge in [0, 0.05) is 16.6 Å². The van der Waals surface area contributed by atoms with Crippen molar-refractivity contribution < 1.29 is 18.8 Å². The van der Waals surface area contributed by atoms with E-state index in [1.54, 1.807) is 0 Å². The highest BCUT2D eigenvalue weighted by Gasteiger charge is 2.08. The van der Waals surface area contributed by atoms with Crippen LogP contribution in [-0.4, -0.2) is 40.0 Å². The first-order valence-corrected chi connectivity index (χ1v) is 5.66. The zero-order valence-corrected chi connectivity index (χ0v) is 8.80. The number of esters is 1. The molecular formula is C8H16O4S. The van der Waals surface area contributed by atoms with E-state index < -0.39 is 16.8 Å². The molecule has 0 fully saturated rings. The number of rotatable bonds is 6. The predicted octanol–water partition coefficient (Wildman–Crippen LogP) is -0.0734. The lowest BCUT2D eigenvalue weighted by Gasteiger charge is -2.06. The average molecular weight is 208 g/mol. The number of aliphatic hydroxyl groups excluding tert-OH is 1. The van der Waals surface area contributed by atoms with Gasteiger partial charge in [-0.05, 0) is 5.92 Å². The van der Waals surface area contributed by atoms with Gasteiger partial charge in [0.15, 0.2) is 0 Å². The van der Waals surface area contributed by atoms with Crippen LogP contribution in [0.2, 0.25) is 0 Å². The molecule has 0 aromatic heterocycles. The number of ether oxygens (including phenoxy) is 1. The summed E-state index contributed by atoms with van der Waals surface area (Å²) in [5.41, 5.74) is 0. The summed E-state index contributed by atoms with van der Waals surface area (Å²) in [4.78, 5) is 10.9. The molecule has 0 aromatic carbocycles. The third-order valence-electron chi connectivity index (χ3n) is 1.18. The molecule has 0 amide bonds. The van der Waals surface area contributed by atoms with Crippen molar-refractivity contribution in [3.8, 4) is 0 Å². The van der Waals surface area contributed by atoms with Gasteiger partial charge in [0.1, 0.15) is 5.75 Å². The molecule has 0 aliphatic rings. The minimum Gasteiger partial charge on any atom is -0.465 e. The van der Waals surface area contributed by atoms with Gasteiger partial charge in [0.05, 0.1) is 13.2 Å². The molecular weight excluding hydrogens is 192 g/mol. The molecule has 0 aliphatic heterocycles. The average Bonchev–Trinajstić information content (AvgIpc) is 2.01. The maximum Gasteiger partial charge on any atom is 0.318 e. The molecule has 0 radical (unpaired) electrons. The van der Waals surface area contributed by atoms with Crippen LogP contribution in [0.4, 0.5) is 0 Å². The second-order valence-electron chi connectivity index (χ2n) is 3.09. The summed E-state index contributed by atoms with van der Waals surface area (Å²) in [5.74, 6) is -0.153. The largest absolute Gasteiger partial charge is 0.465 e. The van der Waals surface area contributed by atoms with E-state index in [-0.39, 0.29) is 24.0 Å². The molecule has 0 rings (SSSR count). The smallest absolute Gasteiger partial charge is 0.318 e. The third-order valence-corrected chi connectivity index (χ3v) is 2.37. The van der Waals surface area contributed by atoms with Crippen LogP contribution >= 0.6 is 0 Å². The van der Waals surface area contributed by atoms with Crippen molar-refractivity contribution in [1.82, 2.24) is 0 Å². The zero-order valence-electron chi connectivity index (χ0n) is 7.99. The standard InChI is InChI=1S/C8H16O4S/c1-7(2)5-12-8(10)6-13(11)4-3-9/h7,9H,3-6H2,1-2H3. The van der Waals surface area contributed by atoms with Crippen LogP contribution in [0.3, 0.4) is 0 Å². The molecule has 1 atom stereocenters. The Bertz CT molecular complexity index is 179. The van der Waals surface area contributed by atoms with E-state index in [1.165, 1.54) is 0 Å². The summed E-state index contributed by atoms with van der Waals surface area (Å²) in [6, 6.07) is 0. The lowest BCUT2D eigenvalue weighted by Crippen LogP contribution is -2.19. The van der Waals surface area contributed by atoms with Gasteiger partial charge in [-0.2, -0.15) is 0 Å². The maximum atomic E-state index is 10.9. The molecule has 0 bridgehead atoms. The van der Waals surface area contributed by atoms with E-state index >= 15 is 0 Å². The number of hydrogen-bond acceptors (Lipinski definition) is 4. The Labute approximate surface area is 80.7 Å². The first-order chi connectivity index (χ1) is 6.06. The highest BCUT2D eigenvalue weighted by atomic mass is 32.2. The molecule has 0 aromatic rings. The maximum absolute atomic E-state index is 10.9. The van der Waals surface area contributed by atoms with E-state index in [4.69, 9.17) is 9.84 Å². The Kier molecular flexibility index (Phi) is 6.80. The van der Waals surface area contributed by atoms with Crippen LogP contribution in [0.1, 0.15) is 13.8 Å². The SMILES string of the molecule is CC(C)COC(=O)CS(=O)CCO. The van der Waals surface area contributed by atoms with Crippen LogP contribution in [0.15, 0.2) is 0 Å². The summed E-state index contributed by atoms with van der Waals surface area (Å²) in [5, 5.41) is 8.42. The molecule has 0 aliphatic carbocycles. The van der Waals surface area contributed by atoms with E-state index in [0.717, 1.165) is 0 Å². The molecule has 1 unspecified atom stereocenters. The van der Waals surface area contributed by atoms with Crippen LogP contribution < -0.4 is 0 Å². The summed E-state index contributed by atoms with van der Waals surface area (Å²) < 4.78 is 15.8. The molecule has 1 N–H and O–H groups in total. The number of carbonyl (C=O) groups excluding carboxylic acids is 1. The topological polar surface area (TPSA) is 63.6 Å². The molecule has 4 nitrogen and oxygen atoms in total. The Morgan fingerprint density at radius 3 is 2.62 bits per heavy atom. The first kappa shape index (κ1) is 12.6. The van der Waals surface area contributed by atoms with Crippen molar-refractivity contribution >= 4 is 16.8 Å². The Balaban J connectivity index is 3.56. The van der Waals surface area contributed by atoms with Crippen molar-refractivity contribution in [2.45, 2.75) is 13.8 Å². The van der Waals surface area contributed by atoms with Gasteiger partial charge in [0.2, 0.25) is 0 Å². The molecule has 0 spiro atoms. The van der Waals surface area contributed by atoms with Crippen LogP contribution in [0.25, 0.3) is 0 Å². The Morgan fingerprint density at radius 1 is 1.54 bits per heavy atom. The number of aliphatic hydroxyl groups is 1. The van der Waals surface area contributed by atoms with Gasteiger partial charge in [0.25, 0.3) is 0 Å². The highest BCUT2D eigenvalue weighted by molar-refractivity contribution is 7.85. The molecule has 13 heavy (non-hydrogen) atoms. The van der Waals surface area contributed by atoms with Gasteiger partial charge in [-0.25, -0.2) is 0 Å². The number of carbonyl (C=O) groups is 1. The van der Waals surface area contributed by atoms with Gasteiger partial charge < -0.3 is 9.84 Å². The molecule has 78 valence electrons. The summed E-state index contributed by atoms with van der Waals surface area (Å²) in [6.45, 7) is 4.05. The predicted molar refractivity (Wildman–Crippen MR) is 50.8 cm³/mol. The van der Waals surface area contributed by atoms with Crippen LogP contribution in [0.5, 0.6) is 0 Å². The fourth-order valence-electron chi connectivity index (χ4n) is 0.607. The van der Waals surface area contributed by atoms with E-state index in [9.17, 15) is 9.00 Å². The molecule has 0 saturated carbocycles. The monoisotopic (exact) mass is 208 g/mol. The second-order valence-corrected chi connectivity index (χ2v) is 4.67. The van der Waals surface area contributed by atoms with Crippen molar-refractivity contribution in [2.24, 2.45) is 5.92 Å². The quantitative estimate of drug-likeness (QED) is 0.620. The lowest BCUT2D eigenvalue weighted by molar-refractivity contribution is -0.141. The van der Waals surface area contributed by atoms with Crippen LogP contribution in [0, 0.1) is 5.92 Å². The van der Waals surface area contributed by atoms with Gasteiger partial charge in [-0.15, -0.1) is 0 Å². The third kappa shape index (κ3) is 7.93. The van der Waals surface area contributed by atoms with Gasteiger partial charge in [-0.3, -0.25) is 9.00 Å². The van der Waals surface area contributed by atoms with Crippen molar-refractivity contribution in [2.75, 3.05) is 24.7 Å². The molecule has 5 heteroatoms. The zero-order chi connectivity index (χ0) is 10.3. The van der Waals surface area contributed by atoms with Crippen molar-refractivity contribution in [3.63, 3.8) is 0 Å². The first-order valence-electron chi connectivity index (χ1n) is 4.17. The minimum atomic E-state index is -1.29. The lowest BCUT2D eigenvalue weighted by atomic mass is 10.2. The fourth-order valence-corrected chi connectivity index (χ4v) is 1.30. The van der Waals surface area contributed by atoms with Crippen molar-refractivity contribution in [1.29, 1.82) is 0 Å². The minimum absolute atomic E-state index is 0.118. The number of hydrogen-bond donors (Lipinski definition) is 1. The van der Waals surface area contributed by atoms with Gasteiger partial charge in [-0.1, -0.05) is 13.8 Å². The summed E-state index contributed by atoms with van der Waals surface area (Å²) in [6.07, 6.45) is 0. The van der Waals surface area contributed by atoms with E-state index in [1.807, 2.05) is 13.8 Å². The normalized spacial score (nSPS) is 12.9. The summed E-state index contributed by atoms with van der Waals surface area (Å²) in [7, 11) is -1.29. The van der Waals surface area contributed by atoms with E-state index in [0.29, 0.717) is 6.61 Å². The van der Waals surface area contributed by atoms with E-state index in [2.05, 4.69) is 0 Å². The Hall–Kier alpha value is -0.420. The second kappa shape index (κ2) is 7.03.